The molecule has 1 fully saturated rings. The van der Waals surface area contributed by atoms with Crippen molar-refractivity contribution in [1.82, 2.24) is 14.9 Å². The molecule has 258 valence electrons. The van der Waals surface area contributed by atoms with Gasteiger partial charge in [-0.05, 0) is 24.8 Å². The van der Waals surface area contributed by atoms with Crippen LogP contribution in [0.4, 0.5) is 14.6 Å². The van der Waals surface area contributed by atoms with Gasteiger partial charge < -0.3 is 35.3 Å². The summed E-state index contributed by atoms with van der Waals surface area (Å²) >= 11 is 0. The molecule has 0 saturated carbocycles. The number of nitrogens with one attached hydrogen (secondary N) is 1. The summed E-state index contributed by atoms with van der Waals surface area (Å²) < 4.78 is 66.4. The monoisotopic (exact) mass is 670 g/mol. The Morgan fingerprint density at radius 3 is 2.53 bits per heavy atom. The lowest BCUT2D eigenvalue weighted by molar-refractivity contribution is -0.163. The molecule has 2 heterocycles. The van der Waals surface area contributed by atoms with Crippen LogP contribution in [0.2, 0.25) is 0 Å². The molecule has 15 nitrogen and oxygen atoms in total. The highest BCUT2D eigenvalue weighted by Crippen LogP contribution is 2.49. The summed E-state index contributed by atoms with van der Waals surface area (Å²) in [6, 6.07) is 1.36. The SMILES string of the molecule is CCCCC(C)C(CCCC)NCCC(=O)OCC(=O)OCOP(=O)(O)OC[C@H]1O[C@@H](n2ccc(N)nc2=O)C(F)(F)C1CO. The lowest BCUT2D eigenvalue weighted by atomic mass is 9.92. The average molecular weight is 671 g/mol. The van der Waals surface area contributed by atoms with Gasteiger partial charge in [0, 0.05) is 18.8 Å². The zero-order chi connectivity index (χ0) is 33.6. The van der Waals surface area contributed by atoms with Crippen LogP contribution in [0.25, 0.3) is 0 Å². The van der Waals surface area contributed by atoms with Crippen LogP contribution in [0.15, 0.2) is 17.1 Å². The Hall–Kier alpha value is -2.53. The molecule has 0 amide bonds. The second kappa shape index (κ2) is 18.6. The van der Waals surface area contributed by atoms with Gasteiger partial charge in [0.05, 0.1) is 31.7 Å². The third kappa shape index (κ3) is 12.3. The number of phosphoric ester groups is 1. The largest absolute Gasteiger partial charge is 0.475 e. The van der Waals surface area contributed by atoms with Crippen molar-refractivity contribution in [2.75, 3.05) is 38.9 Å². The van der Waals surface area contributed by atoms with E-state index in [1.807, 2.05) is 0 Å². The molecule has 4 unspecified atom stereocenters. The minimum Gasteiger partial charge on any atom is -0.454 e. The molecule has 1 aliphatic heterocycles. The van der Waals surface area contributed by atoms with Gasteiger partial charge in [-0.15, -0.1) is 0 Å². The number of rotatable bonds is 21. The first-order chi connectivity index (χ1) is 21.2. The van der Waals surface area contributed by atoms with Crippen molar-refractivity contribution >= 4 is 25.6 Å². The molecule has 1 saturated heterocycles. The molecule has 6 atom stereocenters. The third-order valence-corrected chi connectivity index (χ3v) is 8.28. The number of esters is 2. The predicted molar refractivity (Wildman–Crippen MR) is 156 cm³/mol. The molecule has 0 radical (unpaired) electrons. The number of nitrogens with two attached hydrogens (primary N) is 1. The maximum Gasteiger partial charge on any atom is 0.475 e. The lowest BCUT2D eigenvalue weighted by Crippen LogP contribution is -2.40. The Bertz CT molecular complexity index is 1190. The van der Waals surface area contributed by atoms with Gasteiger partial charge >= 0.3 is 25.5 Å². The van der Waals surface area contributed by atoms with E-state index in [0.717, 1.165) is 50.8 Å². The van der Waals surface area contributed by atoms with Crippen LogP contribution < -0.4 is 16.7 Å². The second-order valence-electron chi connectivity index (χ2n) is 10.8. The van der Waals surface area contributed by atoms with Gasteiger partial charge in [0.15, 0.2) is 6.61 Å². The summed E-state index contributed by atoms with van der Waals surface area (Å²) in [7, 11) is -4.97. The number of halogens is 2. The maximum absolute atomic E-state index is 14.9. The number of alkyl halides is 2. The fourth-order valence-corrected chi connectivity index (χ4v) is 5.34. The molecule has 5 N–H and O–H groups in total. The van der Waals surface area contributed by atoms with Gasteiger partial charge in [-0.1, -0.05) is 46.5 Å². The van der Waals surface area contributed by atoms with E-state index in [1.165, 1.54) is 0 Å². The van der Waals surface area contributed by atoms with E-state index in [0.29, 0.717) is 17.0 Å². The number of unbranched alkanes of at least 4 members (excludes halogenated alkanes) is 2. The standard InChI is InChI=1S/C27H45F2N4O11P/c1-4-6-8-18(3)20(9-7-5-2)31-12-10-23(35)40-16-24(36)41-17-43-45(38,39)42-15-21-19(14-34)27(28,29)25(44-21)33-13-11-22(30)32-26(33)37/h11,13,18-21,25,31,34H,4-10,12,14-17H2,1-3H3,(H,38,39)(H2,30,32,37)/t18?,19?,20?,21-,25-/m1/s1. The number of hydrogen-bond acceptors (Lipinski definition) is 13. The number of nitrogens with zero attached hydrogens (tertiary/aromatic N) is 2. The van der Waals surface area contributed by atoms with Crippen molar-refractivity contribution in [3.63, 3.8) is 0 Å². The Labute approximate surface area is 260 Å². The minimum atomic E-state index is -4.97. The quantitative estimate of drug-likeness (QED) is 0.0842. The summed E-state index contributed by atoms with van der Waals surface area (Å²) in [6.45, 7) is 2.88. The molecule has 2 rings (SSSR count). The number of carbonyl (C=O) groups is 2. The highest BCUT2D eigenvalue weighted by atomic mass is 31.2. The van der Waals surface area contributed by atoms with Crippen molar-refractivity contribution in [2.45, 2.75) is 90.0 Å². The maximum atomic E-state index is 14.9. The highest BCUT2D eigenvalue weighted by Gasteiger charge is 2.60. The molecule has 18 heteroatoms. The summed E-state index contributed by atoms with van der Waals surface area (Å²) in [4.78, 5) is 49.2. The Morgan fingerprint density at radius 2 is 1.89 bits per heavy atom. The minimum absolute atomic E-state index is 0.0219. The van der Waals surface area contributed by atoms with Crippen LogP contribution in [-0.4, -0.2) is 82.7 Å². The molecule has 0 aromatic carbocycles. The third-order valence-electron chi connectivity index (χ3n) is 7.37. The van der Waals surface area contributed by atoms with Crippen molar-refractivity contribution in [3.05, 3.63) is 22.7 Å². The number of aromatic nitrogens is 2. The van der Waals surface area contributed by atoms with E-state index in [4.69, 9.17) is 19.7 Å². The fraction of sp³-hybridized carbons (Fsp3) is 0.778. The number of carbonyl (C=O) groups excluding carboxylic acids is 2. The topological polar surface area (TPSA) is 211 Å². The number of hydrogen-bond donors (Lipinski definition) is 4. The predicted octanol–water partition coefficient (Wildman–Crippen LogP) is 2.51. The van der Waals surface area contributed by atoms with Gasteiger partial charge in [-0.25, -0.2) is 27.5 Å². The zero-order valence-corrected chi connectivity index (χ0v) is 26.7. The molecule has 1 aliphatic rings. The first kappa shape index (κ1) is 38.7. The van der Waals surface area contributed by atoms with Crippen LogP contribution in [-0.2, 0) is 37.4 Å². The van der Waals surface area contributed by atoms with Crippen molar-refractivity contribution in [3.8, 4) is 0 Å². The summed E-state index contributed by atoms with van der Waals surface area (Å²) in [5, 5.41) is 12.9. The van der Waals surface area contributed by atoms with E-state index in [2.05, 4.69) is 40.3 Å². The number of aliphatic hydroxyl groups is 1. The zero-order valence-electron chi connectivity index (χ0n) is 25.8. The summed E-state index contributed by atoms with van der Waals surface area (Å²) in [5.41, 5.74) is 4.24. The van der Waals surface area contributed by atoms with E-state index in [-0.39, 0.29) is 18.3 Å². The van der Waals surface area contributed by atoms with Crippen LogP contribution in [0.1, 0.15) is 71.9 Å². The first-order valence-corrected chi connectivity index (χ1v) is 16.4. The Kier molecular flexibility index (Phi) is 16.0. The Balaban J connectivity index is 1.75. The average Bonchev–Trinajstić information content (AvgIpc) is 3.24. The van der Waals surface area contributed by atoms with Gasteiger partial charge in [0.1, 0.15) is 5.82 Å². The number of ether oxygens (including phenoxy) is 3. The number of phosphoric acid groups is 1. The van der Waals surface area contributed by atoms with Crippen LogP contribution >= 0.6 is 7.82 Å². The normalized spacial score (nSPS) is 22.0. The first-order valence-electron chi connectivity index (χ1n) is 14.9. The van der Waals surface area contributed by atoms with Crippen molar-refractivity contribution < 1.29 is 56.2 Å². The summed E-state index contributed by atoms with van der Waals surface area (Å²) in [5.74, 6) is -7.21. The molecule has 45 heavy (non-hydrogen) atoms. The molecule has 0 aliphatic carbocycles. The highest BCUT2D eigenvalue weighted by molar-refractivity contribution is 7.47. The van der Waals surface area contributed by atoms with Gasteiger partial charge in [-0.2, -0.15) is 4.98 Å². The number of anilines is 1. The van der Waals surface area contributed by atoms with Gasteiger partial charge in [0.2, 0.25) is 13.0 Å². The van der Waals surface area contributed by atoms with Crippen molar-refractivity contribution in [1.29, 1.82) is 0 Å². The van der Waals surface area contributed by atoms with Gasteiger partial charge in [0.25, 0.3) is 5.92 Å². The summed E-state index contributed by atoms with van der Waals surface area (Å²) in [6.07, 6.45) is 3.54. The fourth-order valence-electron chi connectivity index (χ4n) is 4.75. The van der Waals surface area contributed by atoms with E-state index in [1.54, 1.807) is 0 Å². The molecule has 1 aromatic rings. The number of nitrogen functional groups attached to an aromatic ring is 1. The van der Waals surface area contributed by atoms with Crippen LogP contribution in [0.3, 0.4) is 0 Å². The molecule has 0 bridgehead atoms. The van der Waals surface area contributed by atoms with Gasteiger partial charge in [-0.3, -0.25) is 13.9 Å². The van der Waals surface area contributed by atoms with E-state index in [9.17, 15) is 37.7 Å². The van der Waals surface area contributed by atoms with Crippen molar-refractivity contribution in [2.24, 2.45) is 11.8 Å². The van der Waals surface area contributed by atoms with E-state index >= 15 is 0 Å². The number of aliphatic hydroxyl groups excluding tert-OH is 1. The van der Waals surface area contributed by atoms with E-state index < -0.39 is 76.2 Å². The smallest absolute Gasteiger partial charge is 0.454 e. The molecule has 0 spiro atoms. The second-order valence-corrected chi connectivity index (χ2v) is 12.2. The van der Waals surface area contributed by atoms with Crippen LogP contribution in [0, 0.1) is 11.8 Å². The Morgan fingerprint density at radius 1 is 1.20 bits per heavy atom. The van der Waals surface area contributed by atoms with Crippen LogP contribution in [0.5, 0.6) is 0 Å². The molecular formula is C27H45F2N4O11P. The lowest BCUT2D eigenvalue weighted by Gasteiger charge is -2.25. The molecule has 1 aromatic heterocycles. The molecular weight excluding hydrogens is 625 g/mol.